The first-order valence-corrected chi connectivity index (χ1v) is 13.8. The van der Waals surface area contributed by atoms with Gasteiger partial charge in [0.1, 0.15) is 11.6 Å². The van der Waals surface area contributed by atoms with Crippen LogP contribution < -0.4 is 21.3 Å². The van der Waals surface area contributed by atoms with Crippen molar-refractivity contribution in [2.75, 3.05) is 36.1 Å². The molecule has 0 aromatic heterocycles. The SMILES string of the molecule is COC(=O)Nc1ccc2c(c1)NC(=O)CCCCCC(C(=O)N1CCC3(CC1)OC(=O)Nc1ccccc13)NC2=O. The third-order valence-corrected chi connectivity index (χ3v) is 7.80. The molecule has 12 nitrogen and oxygen atoms in total. The number of para-hydroxylation sites is 1. The first kappa shape index (κ1) is 27.9. The molecule has 5 amide bonds. The van der Waals surface area contributed by atoms with Crippen molar-refractivity contribution >= 4 is 47.0 Å². The maximum absolute atomic E-state index is 13.7. The summed E-state index contributed by atoms with van der Waals surface area (Å²) in [7, 11) is 1.23. The van der Waals surface area contributed by atoms with E-state index in [1.165, 1.54) is 25.3 Å². The summed E-state index contributed by atoms with van der Waals surface area (Å²) in [6.45, 7) is 0.726. The highest BCUT2D eigenvalue weighted by molar-refractivity contribution is 6.06. The van der Waals surface area contributed by atoms with E-state index in [0.29, 0.717) is 63.0 Å². The fourth-order valence-corrected chi connectivity index (χ4v) is 5.65. The molecule has 0 bridgehead atoms. The zero-order valence-corrected chi connectivity index (χ0v) is 22.8. The van der Waals surface area contributed by atoms with Crippen LogP contribution >= 0.6 is 0 Å². The minimum absolute atomic E-state index is 0.169. The summed E-state index contributed by atoms with van der Waals surface area (Å²) in [5.74, 6) is -0.961. The van der Waals surface area contributed by atoms with Gasteiger partial charge in [-0.1, -0.05) is 31.0 Å². The van der Waals surface area contributed by atoms with E-state index in [0.717, 1.165) is 5.56 Å². The number of amides is 5. The summed E-state index contributed by atoms with van der Waals surface area (Å²) in [5, 5.41) is 10.9. The lowest BCUT2D eigenvalue weighted by molar-refractivity contribution is -0.138. The highest BCUT2D eigenvalue weighted by atomic mass is 16.6. The Bertz CT molecular complexity index is 1370. The Morgan fingerprint density at radius 3 is 2.56 bits per heavy atom. The summed E-state index contributed by atoms with van der Waals surface area (Å²) in [6, 6.07) is 11.2. The molecule has 3 aliphatic rings. The Balaban J connectivity index is 1.33. The van der Waals surface area contributed by atoms with Crippen LogP contribution in [0.1, 0.15) is 60.9 Å². The number of ether oxygens (including phenoxy) is 2. The number of piperidine rings is 1. The van der Waals surface area contributed by atoms with Crippen molar-refractivity contribution in [1.29, 1.82) is 0 Å². The number of benzene rings is 2. The second-order valence-electron chi connectivity index (χ2n) is 10.4. The Morgan fingerprint density at radius 2 is 1.78 bits per heavy atom. The van der Waals surface area contributed by atoms with Crippen molar-refractivity contribution in [3.63, 3.8) is 0 Å². The minimum atomic E-state index is -0.807. The van der Waals surface area contributed by atoms with Gasteiger partial charge in [-0.3, -0.25) is 25.0 Å². The number of hydrogen-bond donors (Lipinski definition) is 4. The first-order chi connectivity index (χ1) is 19.8. The zero-order valence-electron chi connectivity index (χ0n) is 22.8. The van der Waals surface area contributed by atoms with Gasteiger partial charge >= 0.3 is 12.2 Å². The molecule has 0 saturated carbocycles. The molecule has 2 aromatic rings. The van der Waals surface area contributed by atoms with Crippen molar-refractivity contribution in [3.05, 3.63) is 53.6 Å². The van der Waals surface area contributed by atoms with Crippen molar-refractivity contribution in [3.8, 4) is 0 Å². The molecule has 3 heterocycles. The summed E-state index contributed by atoms with van der Waals surface area (Å²) >= 11 is 0. The standard InChI is InChI=1S/C29H33N5O7/c1-40-27(38)30-18-11-12-19-23(17-18)31-24(35)10-4-2-3-9-22(32-25(19)36)26(37)34-15-13-29(14-16-34)20-7-5-6-8-21(20)33-28(39)41-29/h5-8,11-12,17,22H,2-4,9-10,13-16H2,1H3,(H,30,38)(H,31,35)(H,32,36)(H,33,39). The second-order valence-corrected chi connectivity index (χ2v) is 10.4. The normalized spacial score (nSPS) is 20.5. The molecule has 1 spiro atoms. The van der Waals surface area contributed by atoms with Gasteiger partial charge in [-0.2, -0.15) is 0 Å². The van der Waals surface area contributed by atoms with Crippen molar-refractivity contribution in [2.45, 2.75) is 56.6 Å². The molecule has 1 unspecified atom stereocenters. The molecule has 4 N–H and O–H groups in total. The van der Waals surface area contributed by atoms with Gasteiger partial charge in [0.15, 0.2) is 0 Å². The average Bonchev–Trinajstić information content (AvgIpc) is 2.95. The number of nitrogens with one attached hydrogen (secondary N) is 4. The molecule has 1 saturated heterocycles. The van der Waals surface area contributed by atoms with Crippen LogP contribution in [-0.4, -0.2) is 61.0 Å². The molecular formula is C29H33N5O7. The molecule has 41 heavy (non-hydrogen) atoms. The largest absolute Gasteiger partial charge is 0.453 e. The Morgan fingerprint density at radius 1 is 1.00 bits per heavy atom. The number of carbonyl (C=O) groups excluding carboxylic acids is 5. The van der Waals surface area contributed by atoms with Gasteiger partial charge in [-0.25, -0.2) is 9.59 Å². The number of anilines is 3. The van der Waals surface area contributed by atoms with E-state index < -0.39 is 29.7 Å². The maximum Gasteiger partial charge on any atom is 0.412 e. The van der Waals surface area contributed by atoms with Crippen LogP contribution in [0.2, 0.25) is 0 Å². The minimum Gasteiger partial charge on any atom is -0.453 e. The smallest absolute Gasteiger partial charge is 0.412 e. The summed E-state index contributed by atoms with van der Waals surface area (Å²) in [5.41, 5.74) is 1.53. The number of methoxy groups -OCH3 is 1. The number of hydrogen-bond acceptors (Lipinski definition) is 7. The van der Waals surface area contributed by atoms with Crippen LogP contribution in [0, 0.1) is 0 Å². The second kappa shape index (κ2) is 11.9. The van der Waals surface area contributed by atoms with Gasteiger partial charge in [0.05, 0.1) is 24.0 Å². The Kier molecular flexibility index (Phi) is 8.09. The number of carbonyl (C=O) groups is 5. The van der Waals surface area contributed by atoms with E-state index in [2.05, 4.69) is 26.0 Å². The van der Waals surface area contributed by atoms with E-state index in [9.17, 15) is 24.0 Å². The maximum atomic E-state index is 13.7. The van der Waals surface area contributed by atoms with Gasteiger partial charge in [-0.15, -0.1) is 0 Å². The molecule has 216 valence electrons. The average molecular weight is 564 g/mol. The lowest BCUT2D eigenvalue weighted by atomic mass is 9.82. The Labute approximate surface area is 237 Å². The van der Waals surface area contributed by atoms with E-state index in [-0.39, 0.29) is 29.5 Å². The van der Waals surface area contributed by atoms with Crippen LogP contribution in [0.4, 0.5) is 26.7 Å². The molecule has 0 radical (unpaired) electrons. The monoisotopic (exact) mass is 563 g/mol. The molecule has 5 rings (SSSR count). The summed E-state index contributed by atoms with van der Waals surface area (Å²) < 4.78 is 10.4. The number of rotatable bonds is 2. The van der Waals surface area contributed by atoms with Gasteiger partial charge in [0.2, 0.25) is 11.8 Å². The first-order valence-electron chi connectivity index (χ1n) is 13.8. The van der Waals surface area contributed by atoms with E-state index in [4.69, 9.17) is 4.74 Å². The molecular weight excluding hydrogens is 530 g/mol. The molecule has 3 aliphatic heterocycles. The van der Waals surface area contributed by atoms with Gasteiger partial charge in [0.25, 0.3) is 5.91 Å². The fraction of sp³-hybridized carbons (Fsp3) is 0.414. The molecule has 2 aromatic carbocycles. The zero-order chi connectivity index (χ0) is 29.0. The molecule has 1 atom stereocenters. The highest BCUT2D eigenvalue weighted by Crippen LogP contribution is 2.43. The van der Waals surface area contributed by atoms with Crippen molar-refractivity contribution in [1.82, 2.24) is 10.2 Å². The quantitative estimate of drug-likeness (QED) is 0.431. The van der Waals surface area contributed by atoms with Crippen molar-refractivity contribution < 1.29 is 33.4 Å². The van der Waals surface area contributed by atoms with Crippen molar-refractivity contribution in [2.24, 2.45) is 0 Å². The van der Waals surface area contributed by atoms with Crippen LogP contribution in [0.5, 0.6) is 0 Å². The van der Waals surface area contributed by atoms with Gasteiger partial charge in [0, 0.05) is 43.6 Å². The third-order valence-electron chi connectivity index (χ3n) is 7.80. The van der Waals surface area contributed by atoms with Crippen LogP contribution in [0.3, 0.4) is 0 Å². The van der Waals surface area contributed by atoms with E-state index in [1.807, 2.05) is 24.3 Å². The number of fused-ring (bicyclic) bond motifs is 3. The van der Waals surface area contributed by atoms with E-state index >= 15 is 0 Å². The van der Waals surface area contributed by atoms with Gasteiger partial charge < -0.3 is 25.0 Å². The van der Waals surface area contributed by atoms with Crippen LogP contribution in [0.25, 0.3) is 0 Å². The number of likely N-dealkylation sites (tertiary alicyclic amines) is 1. The topological polar surface area (TPSA) is 155 Å². The lowest BCUT2D eigenvalue weighted by Crippen LogP contribution is -2.54. The van der Waals surface area contributed by atoms with Gasteiger partial charge in [-0.05, 0) is 37.1 Å². The Hall–Kier alpha value is -4.61. The molecule has 1 fully saturated rings. The highest BCUT2D eigenvalue weighted by Gasteiger charge is 2.45. The van der Waals surface area contributed by atoms with Crippen LogP contribution in [0.15, 0.2) is 42.5 Å². The van der Waals surface area contributed by atoms with Crippen LogP contribution in [-0.2, 0) is 24.7 Å². The molecule has 12 heteroatoms. The predicted molar refractivity (Wildman–Crippen MR) is 149 cm³/mol. The lowest BCUT2D eigenvalue weighted by Gasteiger charge is -2.44. The predicted octanol–water partition coefficient (Wildman–Crippen LogP) is 3.95. The van der Waals surface area contributed by atoms with E-state index in [1.54, 1.807) is 4.90 Å². The molecule has 0 aliphatic carbocycles. The number of nitrogens with zero attached hydrogens (tertiary/aromatic N) is 1. The summed E-state index contributed by atoms with van der Waals surface area (Å²) in [6.07, 6.45) is 2.37. The third kappa shape index (κ3) is 6.11. The summed E-state index contributed by atoms with van der Waals surface area (Å²) in [4.78, 5) is 65.3. The fourth-order valence-electron chi connectivity index (χ4n) is 5.65.